The van der Waals surface area contributed by atoms with E-state index in [9.17, 15) is 0 Å². The molecule has 1 aromatic rings. The minimum absolute atomic E-state index is 0.0607. The summed E-state index contributed by atoms with van der Waals surface area (Å²) in [5.41, 5.74) is 1.04. The molecule has 2 aliphatic rings. The molecule has 114 valence electrons. The van der Waals surface area contributed by atoms with Crippen molar-refractivity contribution < 1.29 is 5.11 Å². The fraction of sp³-hybridized carbons (Fsp3) is 0.647. The quantitative estimate of drug-likeness (QED) is 0.867. The summed E-state index contributed by atoms with van der Waals surface area (Å²) in [6.45, 7) is 6.04. The molecule has 0 aliphatic carbocycles. The molecule has 0 saturated carbocycles. The Balaban J connectivity index is 1.51. The number of likely N-dealkylation sites (tertiary alicyclic amines) is 2. The van der Waals surface area contributed by atoms with Gasteiger partial charge in [0.15, 0.2) is 0 Å². The van der Waals surface area contributed by atoms with E-state index >= 15 is 0 Å². The molecule has 3 heterocycles. The average molecular weight is 304 g/mol. The Morgan fingerprint density at radius 3 is 2.90 bits per heavy atom. The Morgan fingerprint density at radius 1 is 1.24 bits per heavy atom. The van der Waals surface area contributed by atoms with Gasteiger partial charge in [-0.3, -0.25) is 9.80 Å². The summed E-state index contributed by atoms with van der Waals surface area (Å²) in [5, 5.41) is 10.8. The molecule has 2 fully saturated rings. The highest BCUT2D eigenvalue weighted by Gasteiger charge is 2.28. The summed E-state index contributed by atoms with van der Waals surface area (Å²) < 4.78 is 0. The van der Waals surface area contributed by atoms with Crippen LogP contribution in [0.2, 0.25) is 0 Å². The van der Waals surface area contributed by atoms with Crippen LogP contribution in [0.4, 0.5) is 0 Å². The van der Waals surface area contributed by atoms with Gasteiger partial charge in [-0.05, 0) is 38.4 Å². The second-order valence-electron chi connectivity index (χ2n) is 6.04. The smallest absolute Gasteiger partial charge is 0.104 e. The molecule has 3 rings (SSSR count). The molecule has 0 spiro atoms. The van der Waals surface area contributed by atoms with Crippen LogP contribution in [-0.2, 0) is 6.54 Å². The zero-order valence-corrected chi connectivity index (χ0v) is 13.4. The van der Waals surface area contributed by atoms with Gasteiger partial charge in [-0.1, -0.05) is 18.3 Å². The van der Waals surface area contributed by atoms with Crippen LogP contribution < -0.4 is 0 Å². The van der Waals surface area contributed by atoms with Crippen molar-refractivity contribution in [1.82, 2.24) is 9.80 Å². The molecular weight excluding hydrogens is 280 g/mol. The number of hydrogen-bond acceptors (Lipinski definition) is 4. The maximum Gasteiger partial charge on any atom is 0.104 e. The van der Waals surface area contributed by atoms with E-state index in [0.717, 1.165) is 18.2 Å². The first kappa shape index (κ1) is 15.1. The Hall–Kier alpha value is -0.860. The van der Waals surface area contributed by atoms with Crippen molar-refractivity contribution in [3.63, 3.8) is 0 Å². The third-order valence-corrected chi connectivity index (χ3v) is 5.42. The highest BCUT2D eigenvalue weighted by molar-refractivity contribution is 7.10. The molecule has 3 nitrogen and oxygen atoms in total. The van der Waals surface area contributed by atoms with Gasteiger partial charge in [-0.25, -0.2) is 0 Å². The van der Waals surface area contributed by atoms with E-state index in [1.54, 1.807) is 11.3 Å². The van der Waals surface area contributed by atoms with Crippen LogP contribution in [0, 0.1) is 11.8 Å². The molecule has 0 radical (unpaired) electrons. The lowest BCUT2D eigenvalue weighted by atomic mass is 10.1. The first-order chi connectivity index (χ1) is 10.3. The van der Waals surface area contributed by atoms with Crippen LogP contribution in [-0.4, -0.2) is 53.7 Å². The lowest BCUT2D eigenvalue weighted by Gasteiger charge is -2.32. The van der Waals surface area contributed by atoms with E-state index in [-0.39, 0.29) is 6.61 Å². The van der Waals surface area contributed by atoms with Gasteiger partial charge >= 0.3 is 0 Å². The highest BCUT2D eigenvalue weighted by Crippen LogP contribution is 2.23. The molecule has 1 aromatic heterocycles. The number of aliphatic hydroxyl groups is 1. The van der Waals surface area contributed by atoms with E-state index in [2.05, 4.69) is 33.1 Å². The lowest BCUT2D eigenvalue weighted by molar-refractivity contribution is 0.161. The molecule has 1 unspecified atom stereocenters. The first-order valence-corrected chi connectivity index (χ1v) is 8.86. The summed E-state index contributed by atoms with van der Waals surface area (Å²) in [7, 11) is 0. The third-order valence-electron chi connectivity index (χ3n) is 4.50. The predicted molar refractivity (Wildman–Crippen MR) is 87.4 cm³/mol. The fourth-order valence-electron chi connectivity index (χ4n) is 3.43. The molecule has 0 aromatic carbocycles. The second-order valence-corrected chi connectivity index (χ2v) is 7.03. The van der Waals surface area contributed by atoms with Crippen LogP contribution in [0.25, 0.3) is 0 Å². The van der Waals surface area contributed by atoms with Crippen molar-refractivity contribution >= 4 is 11.3 Å². The third kappa shape index (κ3) is 4.08. The summed E-state index contributed by atoms with van der Waals surface area (Å²) in [5.74, 6) is 5.70. The molecule has 0 amide bonds. The molecule has 4 heteroatoms. The van der Waals surface area contributed by atoms with Crippen LogP contribution in [0.15, 0.2) is 11.4 Å². The number of thiophene rings is 1. The van der Waals surface area contributed by atoms with E-state index in [4.69, 9.17) is 5.11 Å². The molecule has 1 atom stereocenters. The Bertz CT molecular complexity index is 510. The minimum Gasteiger partial charge on any atom is -0.384 e. The molecule has 2 aliphatic heterocycles. The van der Waals surface area contributed by atoms with Crippen LogP contribution in [0.3, 0.4) is 0 Å². The number of piperidine rings is 1. The predicted octanol–water partition coefficient (Wildman–Crippen LogP) is 2.15. The molecule has 1 N–H and O–H groups in total. The first-order valence-electron chi connectivity index (χ1n) is 7.99. The fourth-order valence-corrected chi connectivity index (χ4v) is 4.29. The minimum atomic E-state index is -0.0607. The Kier molecular flexibility index (Phi) is 5.32. The normalized spacial score (nSPS) is 24.0. The van der Waals surface area contributed by atoms with Crippen molar-refractivity contribution in [1.29, 1.82) is 0 Å². The van der Waals surface area contributed by atoms with Gasteiger partial charge in [0.1, 0.15) is 6.61 Å². The number of nitrogens with zero attached hydrogens (tertiary/aromatic N) is 2. The van der Waals surface area contributed by atoms with Gasteiger partial charge in [0.25, 0.3) is 0 Å². The summed E-state index contributed by atoms with van der Waals surface area (Å²) in [4.78, 5) is 6.67. The van der Waals surface area contributed by atoms with Crippen molar-refractivity contribution in [3.05, 3.63) is 21.9 Å². The van der Waals surface area contributed by atoms with E-state index in [1.165, 1.54) is 56.7 Å². The summed E-state index contributed by atoms with van der Waals surface area (Å²) in [6, 6.07) is 2.94. The largest absolute Gasteiger partial charge is 0.384 e. The van der Waals surface area contributed by atoms with Gasteiger partial charge in [0.05, 0.1) is 0 Å². The van der Waals surface area contributed by atoms with Gasteiger partial charge in [-0.2, -0.15) is 0 Å². The second kappa shape index (κ2) is 7.42. The van der Waals surface area contributed by atoms with Crippen LogP contribution >= 0.6 is 11.3 Å². The molecular formula is C17H24N2OS. The average Bonchev–Trinajstić information content (AvgIpc) is 3.16. The standard InChI is InChI=1S/C17H24N2OS/c20-10-4-5-15-11-17(21-14-15)13-18-9-6-16(12-18)19-7-2-1-3-8-19/h11,14,16,20H,1-3,6-10,12-13H2. The van der Waals surface area contributed by atoms with E-state index in [1.807, 2.05) is 0 Å². The SMILES string of the molecule is OCC#Cc1csc(CN2CCC(N3CCCCC3)C2)c1. The van der Waals surface area contributed by atoms with Crippen LogP contribution in [0.5, 0.6) is 0 Å². The van der Waals surface area contributed by atoms with Crippen molar-refractivity contribution in [3.8, 4) is 11.8 Å². The summed E-state index contributed by atoms with van der Waals surface area (Å²) in [6.07, 6.45) is 5.50. The number of hydrogen-bond donors (Lipinski definition) is 1. The van der Waals surface area contributed by atoms with Gasteiger partial charge in [0, 0.05) is 41.5 Å². The molecule has 2 saturated heterocycles. The van der Waals surface area contributed by atoms with E-state index in [0.29, 0.717) is 0 Å². The number of aliphatic hydroxyl groups excluding tert-OH is 1. The Labute approximate surface area is 131 Å². The molecule has 0 bridgehead atoms. The Morgan fingerprint density at radius 2 is 2.10 bits per heavy atom. The monoisotopic (exact) mass is 304 g/mol. The maximum atomic E-state index is 8.73. The van der Waals surface area contributed by atoms with Gasteiger partial charge < -0.3 is 5.11 Å². The lowest BCUT2D eigenvalue weighted by Crippen LogP contribution is -2.40. The van der Waals surface area contributed by atoms with Gasteiger partial charge in [-0.15, -0.1) is 11.3 Å². The maximum absolute atomic E-state index is 8.73. The zero-order valence-electron chi connectivity index (χ0n) is 12.6. The van der Waals surface area contributed by atoms with Gasteiger partial charge in [0.2, 0.25) is 0 Å². The van der Waals surface area contributed by atoms with Crippen molar-refractivity contribution in [2.75, 3.05) is 32.8 Å². The van der Waals surface area contributed by atoms with E-state index < -0.39 is 0 Å². The highest BCUT2D eigenvalue weighted by atomic mass is 32.1. The number of rotatable bonds is 3. The van der Waals surface area contributed by atoms with Crippen molar-refractivity contribution in [2.45, 2.75) is 38.3 Å². The topological polar surface area (TPSA) is 26.7 Å². The van der Waals surface area contributed by atoms with Crippen molar-refractivity contribution in [2.24, 2.45) is 0 Å². The molecule has 21 heavy (non-hydrogen) atoms. The zero-order chi connectivity index (χ0) is 14.5. The summed E-state index contributed by atoms with van der Waals surface area (Å²) >= 11 is 1.78. The van der Waals surface area contributed by atoms with Crippen LogP contribution in [0.1, 0.15) is 36.1 Å².